The van der Waals surface area contributed by atoms with Crippen LogP contribution in [0.25, 0.3) is 22.5 Å². The van der Waals surface area contributed by atoms with Gasteiger partial charge in [0.15, 0.2) is 17.2 Å². The van der Waals surface area contributed by atoms with Crippen LogP contribution in [0.1, 0.15) is 64.6 Å². The third-order valence-corrected chi connectivity index (χ3v) is 10.3. The van der Waals surface area contributed by atoms with Gasteiger partial charge in [-0.15, -0.1) is 5.10 Å². The lowest BCUT2D eigenvalue weighted by atomic mass is 10.0. The number of piperidine rings is 1. The van der Waals surface area contributed by atoms with Gasteiger partial charge in [0.1, 0.15) is 23.7 Å². The van der Waals surface area contributed by atoms with Gasteiger partial charge in [-0.25, -0.2) is 23.7 Å². The van der Waals surface area contributed by atoms with E-state index in [9.17, 15) is 33.2 Å². The Hall–Kier alpha value is -7.18. The number of pyridine rings is 2. The Morgan fingerprint density at radius 1 is 0.983 bits per heavy atom. The number of alkyl halides is 1. The van der Waals surface area contributed by atoms with E-state index in [0.29, 0.717) is 47.3 Å². The summed E-state index contributed by atoms with van der Waals surface area (Å²) in [6.45, 7) is 0.394. The molecular weight excluding hydrogens is 752 g/mol. The molecule has 19 heteroatoms. The van der Waals surface area contributed by atoms with E-state index in [1.807, 2.05) is 18.2 Å². The minimum atomic E-state index is -1.08. The number of halogens is 1. The number of unbranched alkanes of at least 4 members (excludes halogenated alkanes) is 1. The molecule has 6 heterocycles. The van der Waals surface area contributed by atoms with E-state index in [0.717, 1.165) is 12.0 Å². The molecule has 8 rings (SSSR count). The Balaban J connectivity index is 0.898. The average Bonchev–Trinajstić information content (AvgIpc) is 3.63. The molecule has 1 aliphatic heterocycles. The van der Waals surface area contributed by atoms with Crippen molar-refractivity contribution in [3.05, 3.63) is 105 Å². The molecule has 2 fully saturated rings. The normalized spacial score (nSPS) is 17.6. The molecule has 18 nitrogen and oxygen atoms in total. The Morgan fingerprint density at radius 2 is 1.81 bits per heavy atom. The first-order chi connectivity index (χ1) is 28.0. The molecule has 0 radical (unpaired) electrons. The maximum atomic E-state index is 13.7. The summed E-state index contributed by atoms with van der Waals surface area (Å²) in [6.07, 6.45) is 6.05. The molecular formula is C39H39FN12O6. The van der Waals surface area contributed by atoms with E-state index in [4.69, 9.17) is 0 Å². The Labute approximate surface area is 328 Å². The number of aromatic nitrogens is 7. The summed E-state index contributed by atoms with van der Waals surface area (Å²) in [5.74, 6) is -1.23. The summed E-state index contributed by atoms with van der Waals surface area (Å²) in [5, 5.41) is 18.4. The number of aryl methyl sites for hydroxylation is 2. The van der Waals surface area contributed by atoms with Crippen LogP contribution in [0.3, 0.4) is 0 Å². The highest BCUT2D eigenvalue weighted by atomic mass is 19.1. The number of imide groups is 1. The second kappa shape index (κ2) is 15.4. The van der Waals surface area contributed by atoms with Gasteiger partial charge in [-0.3, -0.25) is 43.0 Å². The van der Waals surface area contributed by atoms with Crippen molar-refractivity contribution < 1.29 is 23.6 Å². The molecule has 0 bridgehead atoms. The quantitative estimate of drug-likeness (QED) is 0.0844. The van der Waals surface area contributed by atoms with Crippen LogP contribution in [-0.4, -0.2) is 82.7 Å². The molecule has 1 aliphatic carbocycles. The summed E-state index contributed by atoms with van der Waals surface area (Å²) in [7, 11) is 3.33. The van der Waals surface area contributed by atoms with Crippen LogP contribution in [-0.2, 0) is 23.1 Å². The van der Waals surface area contributed by atoms with Crippen LogP contribution in [0.15, 0.2) is 76.7 Å². The van der Waals surface area contributed by atoms with Crippen LogP contribution >= 0.6 is 0 Å². The number of hydrogen-bond donors (Lipinski definition) is 5. The van der Waals surface area contributed by atoms with E-state index in [1.165, 1.54) is 42.9 Å². The first-order valence-electron chi connectivity index (χ1n) is 18.8. The van der Waals surface area contributed by atoms with Crippen molar-refractivity contribution in [2.75, 3.05) is 24.2 Å². The Kier molecular flexibility index (Phi) is 10.0. The molecule has 1 saturated heterocycles. The molecule has 5 N–H and O–H groups in total. The third-order valence-electron chi connectivity index (χ3n) is 10.3. The van der Waals surface area contributed by atoms with Gasteiger partial charge in [-0.1, -0.05) is 6.07 Å². The standard InChI is InChI=1S/C39H39FN12O6/c1-41-26-19-31(48-52-30(20-44-34(26)52)37(56)46-25-18-23(25)40)45-24-7-5-15-50(38(24)57)32-17-22(12-14-42-32)35(54)43-13-4-3-6-21-8-9-27-29(16-21)49(2)39(58)51(27)28-10-11-33(53)47-36(28)55/h5,7-9,12,14-17,19-20,23,25,28,41H,3-4,6,10-11,13,18H2,1-2H3,(H,43,54)(H,45,48)(H,46,56)(H,47,53,55)/t23-,25+,28?/m0/s1. The predicted octanol–water partition coefficient (Wildman–Crippen LogP) is 2.28. The molecule has 298 valence electrons. The van der Waals surface area contributed by atoms with Crippen molar-refractivity contribution in [1.82, 2.24) is 49.2 Å². The van der Waals surface area contributed by atoms with E-state index < -0.39 is 35.6 Å². The summed E-state index contributed by atoms with van der Waals surface area (Å²) in [5.41, 5.74) is 2.95. The SMILES string of the molecule is CNc1cc(Nc2cccn(-c3cc(C(=O)NCCCCc4ccc5c(c4)n(C)c(=O)n5C4CCC(=O)NC4=O)ccn3)c2=O)nn2c(C(=O)N[C@@H]3C[C@@H]3F)cnc12. The summed E-state index contributed by atoms with van der Waals surface area (Å²) >= 11 is 0. The predicted molar refractivity (Wildman–Crippen MR) is 210 cm³/mol. The first-order valence-corrected chi connectivity index (χ1v) is 18.8. The lowest BCUT2D eigenvalue weighted by molar-refractivity contribution is -0.135. The second-order valence-electron chi connectivity index (χ2n) is 14.2. The van der Waals surface area contributed by atoms with Crippen molar-refractivity contribution in [2.45, 2.75) is 56.8 Å². The molecule has 4 amide bonds. The van der Waals surface area contributed by atoms with Crippen molar-refractivity contribution in [1.29, 1.82) is 0 Å². The van der Waals surface area contributed by atoms with E-state index in [2.05, 4.69) is 41.7 Å². The second-order valence-corrected chi connectivity index (χ2v) is 14.2. The zero-order valence-electron chi connectivity index (χ0n) is 31.5. The highest BCUT2D eigenvalue weighted by Gasteiger charge is 2.39. The molecule has 3 atom stereocenters. The van der Waals surface area contributed by atoms with Gasteiger partial charge >= 0.3 is 5.69 Å². The maximum absolute atomic E-state index is 13.7. The highest BCUT2D eigenvalue weighted by Crippen LogP contribution is 2.27. The number of imidazole rings is 2. The fourth-order valence-corrected chi connectivity index (χ4v) is 7.08. The molecule has 58 heavy (non-hydrogen) atoms. The number of anilines is 3. The van der Waals surface area contributed by atoms with Crippen LogP contribution in [0.4, 0.5) is 21.6 Å². The molecule has 1 aromatic carbocycles. The molecule has 0 spiro atoms. The fraction of sp³-hybridized carbons (Fsp3) is 0.308. The van der Waals surface area contributed by atoms with Gasteiger partial charge in [0.05, 0.1) is 29.0 Å². The minimum Gasteiger partial charge on any atom is -0.385 e. The summed E-state index contributed by atoms with van der Waals surface area (Å²) in [4.78, 5) is 85.5. The number of amides is 4. The number of nitrogens with one attached hydrogen (secondary N) is 5. The molecule has 2 aliphatic rings. The number of carbonyl (C=O) groups excluding carboxylic acids is 4. The minimum absolute atomic E-state index is 0.103. The molecule has 1 saturated carbocycles. The van der Waals surface area contributed by atoms with E-state index >= 15 is 0 Å². The molecule has 6 aromatic rings. The number of rotatable bonds is 13. The molecule has 5 aromatic heterocycles. The average molecular weight is 791 g/mol. The zero-order chi connectivity index (χ0) is 40.7. The van der Waals surface area contributed by atoms with Crippen LogP contribution in [0.5, 0.6) is 0 Å². The van der Waals surface area contributed by atoms with Crippen LogP contribution in [0, 0.1) is 0 Å². The number of fused-ring (bicyclic) bond motifs is 2. The Morgan fingerprint density at radius 3 is 2.59 bits per heavy atom. The maximum Gasteiger partial charge on any atom is 0.329 e. The van der Waals surface area contributed by atoms with Crippen molar-refractivity contribution in [2.24, 2.45) is 7.05 Å². The van der Waals surface area contributed by atoms with Crippen LogP contribution in [0.2, 0.25) is 0 Å². The smallest absolute Gasteiger partial charge is 0.329 e. The number of hydrogen-bond acceptors (Lipinski definition) is 11. The summed E-state index contributed by atoms with van der Waals surface area (Å²) < 4.78 is 19.0. The number of carbonyl (C=O) groups is 4. The van der Waals surface area contributed by atoms with Crippen molar-refractivity contribution >= 4 is 57.5 Å². The van der Waals surface area contributed by atoms with Gasteiger partial charge in [-0.2, -0.15) is 0 Å². The van der Waals surface area contributed by atoms with Gasteiger partial charge in [-0.05, 0) is 67.6 Å². The zero-order valence-corrected chi connectivity index (χ0v) is 31.5. The highest BCUT2D eigenvalue weighted by molar-refractivity contribution is 6.00. The van der Waals surface area contributed by atoms with Crippen molar-refractivity contribution in [3.8, 4) is 5.82 Å². The van der Waals surface area contributed by atoms with Crippen LogP contribution < -0.4 is 37.8 Å². The number of benzene rings is 1. The third kappa shape index (κ3) is 7.28. The largest absolute Gasteiger partial charge is 0.385 e. The van der Waals surface area contributed by atoms with Gasteiger partial charge in [0, 0.05) is 57.5 Å². The summed E-state index contributed by atoms with van der Waals surface area (Å²) in [6, 6.07) is 12.3. The van der Waals surface area contributed by atoms with E-state index in [-0.39, 0.29) is 59.8 Å². The monoisotopic (exact) mass is 790 g/mol. The topological polar surface area (TPSA) is 220 Å². The lowest BCUT2D eigenvalue weighted by Crippen LogP contribution is -2.44. The Bertz CT molecular complexity index is 2750. The van der Waals surface area contributed by atoms with Gasteiger partial charge in [0.25, 0.3) is 17.4 Å². The lowest BCUT2D eigenvalue weighted by Gasteiger charge is -2.21. The van der Waals surface area contributed by atoms with E-state index in [1.54, 1.807) is 38.4 Å². The van der Waals surface area contributed by atoms with Gasteiger partial charge in [0.2, 0.25) is 11.8 Å². The molecule has 1 unspecified atom stereocenters. The first kappa shape index (κ1) is 37.7. The van der Waals surface area contributed by atoms with Gasteiger partial charge < -0.3 is 21.3 Å². The number of nitrogens with zero attached hydrogens (tertiary/aromatic N) is 7. The van der Waals surface area contributed by atoms with Crippen molar-refractivity contribution in [3.63, 3.8) is 0 Å². The fourth-order valence-electron chi connectivity index (χ4n) is 7.08.